The molecule has 0 rings (SSSR count). The Morgan fingerprint density at radius 3 is 0.922 bits per heavy atom. The third-order valence-electron chi connectivity index (χ3n) is 16.8. The van der Waals surface area contributed by atoms with Crippen LogP contribution in [0.15, 0.2) is 12.2 Å². The van der Waals surface area contributed by atoms with Crippen molar-refractivity contribution in [3.8, 4) is 0 Å². The van der Waals surface area contributed by atoms with Crippen LogP contribution in [0.3, 0.4) is 0 Å². The summed E-state index contributed by atoms with van der Waals surface area (Å²) in [4.78, 5) is 24.6. The zero-order chi connectivity index (χ0) is 55.7. The highest BCUT2D eigenvalue weighted by Crippen LogP contribution is 2.19. The molecule has 0 aliphatic rings. The molecular weight excluding hydrogens is 947 g/mol. The summed E-state index contributed by atoms with van der Waals surface area (Å²) in [6.45, 7) is 5.00. The smallest absolute Gasteiger partial charge is 0.305 e. The number of rotatable bonds is 67. The van der Waals surface area contributed by atoms with Crippen LogP contribution in [-0.2, 0) is 14.3 Å². The third-order valence-corrected chi connectivity index (χ3v) is 16.8. The van der Waals surface area contributed by atoms with Gasteiger partial charge in [0.2, 0.25) is 5.91 Å². The third kappa shape index (κ3) is 63.6. The lowest BCUT2D eigenvalue weighted by Gasteiger charge is -2.22. The van der Waals surface area contributed by atoms with Crippen LogP contribution in [0.5, 0.6) is 0 Å². The topological polar surface area (TPSA) is 95.9 Å². The van der Waals surface area contributed by atoms with Gasteiger partial charge < -0.3 is 20.3 Å². The number of aliphatic hydroxyl groups excluding tert-OH is 2. The van der Waals surface area contributed by atoms with Gasteiger partial charge >= 0.3 is 5.97 Å². The molecule has 0 saturated heterocycles. The summed E-state index contributed by atoms with van der Waals surface area (Å²) >= 11 is 0. The zero-order valence-corrected chi connectivity index (χ0v) is 52.5. The molecule has 0 heterocycles. The van der Waals surface area contributed by atoms with Crippen LogP contribution in [0.2, 0.25) is 0 Å². The summed E-state index contributed by atoms with van der Waals surface area (Å²) in [5.74, 6) is -0.0217. The fourth-order valence-electron chi connectivity index (χ4n) is 11.4. The van der Waals surface area contributed by atoms with Crippen molar-refractivity contribution < 1.29 is 24.5 Å². The molecule has 0 aromatic rings. The molecule has 0 fully saturated rings. The maximum Gasteiger partial charge on any atom is 0.305 e. The molecule has 0 radical (unpaired) electrons. The lowest BCUT2D eigenvalue weighted by Crippen LogP contribution is -2.45. The van der Waals surface area contributed by atoms with E-state index in [0.29, 0.717) is 25.9 Å². The first-order valence-electron chi connectivity index (χ1n) is 35.4. The number of carbonyl (C=O) groups is 2. The molecular formula is C71H139NO5. The van der Waals surface area contributed by atoms with E-state index in [4.69, 9.17) is 4.74 Å². The number of esters is 1. The SMILES string of the molecule is CCCCCCCCCCCCCCCCCCCCCCC(O)C(CO)NC(=O)CCCCCCCCC/C=C\CCCCCCCCCCCCCOC(=O)CCCCCCCCCCCCCCCCCCCC. The van der Waals surface area contributed by atoms with Gasteiger partial charge in [-0.3, -0.25) is 9.59 Å². The van der Waals surface area contributed by atoms with Gasteiger partial charge in [-0.05, 0) is 51.4 Å². The van der Waals surface area contributed by atoms with E-state index in [-0.39, 0.29) is 18.5 Å². The van der Waals surface area contributed by atoms with Crippen molar-refractivity contribution in [1.29, 1.82) is 0 Å². The van der Waals surface area contributed by atoms with Crippen molar-refractivity contribution in [1.82, 2.24) is 5.32 Å². The van der Waals surface area contributed by atoms with Crippen molar-refractivity contribution in [3.05, 3.63) is 12.2 Å². The average molecular weight is 1090 g/mol. The van der Waals surface area contributed by atoms with E-state index in [1.54, 1.807) is 0 Å². The summed E-state index contributed by atoms with van der Waals surface area (Å²) in [5.41, 5.74) is 0. The first-order chi connectivity index (χ1) is 38.0. The summed E-state index contributed by atoms with van der Waals surface area (Å²) in [6, 6.07) is -0.547. The Kier molecular flexibility index (Phi) is 65.9. The summed E-state index contributed by atoms with van der Waals surface area (Å²) in [5, 5.41) is 23.4. The van der Waals surface area contributed by atoms with Crippen molar-refractivity contribution in [2.24, 2.45) is 0 Å². The molecule has 3 N–H and O–H groups in total. The van der Waals surface area contributed by atoms with Gasteiger partial charge in [-0.2, -0.15) is 0 Å². The Balaban J connectivity index is 3.39. The fourth-order valence-corrected chi connectivity index (χ4v) is 11.4. The van der Waals surface area contributed by atoms with E-state index in [0.717, 1.165) is 38.5 Å². The number of hydrogen-bond acceptors (Lipinski definition) is 5. The maximum atomic E-state index is 12.5. The number of aliphatic hydroxyl groups is 2. The van der Waals surface area contributed by atoms with Gasteiger partial charge in [0.25, 0.3) is 0 Å². The highest BCUT2D eigenvalue weighted by atomic mass is 16.5. The molecule has 77 heavy (non-hydrogen) atoms. The minimum Gasteiger partial charge on any atom is -0.466 e. The van der Waals surface area contributed by atoms with Crippen LogP contribution in [0, 0.1) is 0 Å². The molecule has 458 valence electrons. The average Bonchev–Trinajstić information content (AvgIpc) is 3.43. The Hall–Kier alpha value is -1.40. The second-order valence-corrected chi connectivity index (χ2v) is 24.6. The minimum absolute atomic E-state index is 0.0156. The van der Waals surface area contributed by atoms with Gasteiger partial charge in [0.05, 0.1) is 25.4 Å². The van der Waals surface area contributed by atoms with E-state index < -0.39 is 12.1 Å². The molecule has 2 unspecified atom stereocenters. The van der Waals surface area contributed by atoms with Crippen molar-refractivity contribution in [2.75, 3.05) is 13.2 Å². The van der Waals surface area contributed by atoms with E-state index in [1.165, 1.54) is 334 Å². The minimum atomic E-state index is -0.669. The fraction of sp³-hybridized carbons (Fsp3) is 0.944. The number of ether oxygens (including phenoxy) is 1. The number of unbranched alkanes of at least 4 members (excludes halogenated alkanes) is 54. The number of nitrogens with one attached hydrogen (secondary N) is 1. The van der Waals surface area contributed by atoms with E-state index in [1.807, 2.05) is 0 Å². The Morgan fingerprint density at radius 1 is 0.351 bits per heavy atom. The lowest BCUT2D eigenvalue weighted by molar-refractivity contribution is -0.143. The highest BCUT2D eigenvalue weighted by molar-refractivity contribution is 5.76. The molecule has 2 atom stereocenters. The predicted octanol–water partition coefficient (Wildman–Crippen LogP) is 22.8. The number of allylic oxidation sites excluding steroid dienone is 2. The second-order valence-electron chi connectivity index (χ2n) is 24.6. The van der Waals surface area contributed by atoms with Gasteiger partial charge in [-0.25, -0.2) is 0 Å². The van der Waals surface area contributed by atoms with Crippen molar-refractivity contribution >= 4 is 11.9 Å². The summed E-state index contributed by atoms with van der Waals surface area (Å²) in [7, 11) is 0. The van der Waals surface area contributed by atoms with Gasteiger partial charge in [-0.15, -0.1) is 0 Å². The first kappa shape index (κ1) is 75.6. The van der Waals surface area contributed by atoms with Crippen LogP contribution in [-0.4, -0.2) is 47.4 Å². The quantitative estimate of drug-likeness (QED) is 0.0320. The van der Waals surface area contributed by atoms with E-state index in [2.05, 4.69) is 31.3 Å². The van der Waals surface area contributed by atoms with E-state index in [9.17, 15) is 19.8 Å². The van der Waals surface area contributed by atoms with Crippen LogP contribution in [0.4, 0.5) is 0 Å². The molecule has 0 aliphatic carbocycles. The molecule has 0 aliphatic heterocycles. The molecule has 6 nitrogen and oxygen atoms in total. The van der Waals surface area contributed by atoms with Crippen molar-refractivity contribution in [3.63, 3.8) is 0 Å². The molecule has 0 bridgehead atoms. The Bertz CT molecular complexity index is 1160. The van der Waals surface area contributed by atoms with E-state index >= 15 is 0 Å². The molecule has 0 aromatic heterocycles. The molecule has 1 amide bonds. The van der Waals surface area contributed by atoms with Crippen molar-refractivity contribution in [2.45, 2.75) is 418 Å². The predicted molar refractivity (Wildman–Crippen MR) is 338 cm³/mol. The van der Waals surface area contributed by atoms with Gasteiger partial charge in [0, 0.05) is 12.8 Å². The standard InChI is InChI=1S/C71H139NO5/c1-3-5-7-9-11-13-15-17-19-21-23-28-31-35-39-43-47-51-55-59-63-69(74)68(67-73)72-70(75)64-60-56-52-48-44-40-36-32-29-26-24-25-27-30-34-38-42-46-50-54-58-62-66-77-71(76)65-61-57-53-49-45-41-37-33-22-20-18-16-14-12-10-8-6-4-2/h26,29,68-69,73-74H,3-25,27-28,30-67H2,1-2H3,(H,72,75)/b29-26-. The summed E-state index contributed by atoms with van der Waals surface area (Å²) < 4.78 is 5.51. The molecule has 0 saturated carbocycles. The maximum absolute atomic E-state index is 12.5. The molecule has 6 heteroatoms. The summed E-state index contributed by atoms with van der Waals surface area (Å²) in [6.07, 6.45) is 82.5. The largest absolute Gasteiger partial charge is 0.466 e. The van der Waals surface area contributed by atoms with Crippen LogP contribution < -0.4 is 5.32 Å². The van der Waals surface area contributed by atoms with Crippen LogP contribution >= 0.6 is 0 Å². The number of amides is 1. The number of hydrogen-bond donors (Lipinski definition) is 3. The van der Waals surface area contributed by atoms with Crippen LogP contribution in [0.1, 0.15) is 406 Å². The number of carbonyl (C=O) groups excluding carboxylic acids is 2. The molecule has 0 aromatic carbocycles. The van der Waals surface area contributed by atoms with Gasteiger partial charge in [0.15, 0.2) is 0 Å². The van der Waals surface area contributed by atoms with Gasteiger partial charge in [-0.1, -0.05) is 353 Å². The Labute approximate surface area is 482 Å². The van der Waals surface area contributed by atoms with Crippen LogP contribution in [0.25, 0.3) is 0 Å². The lowest BCUT2D eigenvalue weighted by atomic mass is 10.0. The normalized spacial score (nSPS) is 12.5. The van der Waals surface area contributed by atoms with Gasteiger partial charge in [0.1, 0.15) is 0 Å². The zero-order valence-electron chi connectivity index (χ0n) is 52.5. The molecule has 0 spiro atoms. The second kappa shape index (κ2) is 67.1. The Morgan fingerprint density at radius 2 is 0.610 bits per heavy atom. The first-order valence-corrected chi connectivity index (χ1v) is 35.4. The highest BCUT2D eigenvalue weighted by Gasteiger charge is 2.20. The monoisotopic (exact) mass is 1090 g/mol.